The highest BCUT2D eigenvalue weighted by Gasteiger charge is 2.15. The van der Waals surface area contributed by atoms with Crippen molar-refractivity contribution < 1.29 is 9.21 Å². The summed E-state index contributed by atoms with van der Waals surface area (Å²) in [4.78, 5) is 11.7. The van der Waals surface area contributed by atoms with E-state index in [1.165, 1.54) is 5.56 Å². The smallest absolute Gasteiger partial charge is 0.163 e. The Morgan fingerprint density at radius 2 is 1.86 bits per heavy atom. The standard InChI is InChI=1S/C20H24O2/c1-5-6-7-8-18(17-11-9-14(2)10-12-17)20-13-19(15(3)21)16(4)22-20/h8-13H,5-7H2,1-4H3/b18-8+. The monoisotopic (exact) mass is 296 g/mol. The third kappa shape index (κ3) is 3.76. The van der Waals surface area contributed by atoms with Gasteiger partial charge in [-0.15, -0.1) is 0 Å². The average Bonchev–Trinajstić information content (AvgIpc) is 2.87. The van der Waals surface area contributed by atoms with E-state index in [2.05, 4.69) is 44.2 Å². The molecule has 0 atom stereocenters. The molecular weight excluding hydrogens is 272 g/mol. The SMILES string of the molecule is CCCC/C=C(\c1ccc(C)cc1)c1cc(C(C)=O)c(C)o1. The summed E-state index contributed by atoms with van der Waals surface area (Å²) >= 11 is 0. The van der Waals surface area contributed by atoms with Gasteiger partial charge in [-0.3, -0.25) is 4.79 Å². The third-order valence-corrected chi connectivity index (χ3v) is 3.83. The quantitative estimate of drug-likeness (QED) is 0.504. The van der Waals surface area contributed by atoms with Gasteiger partial charge >= 0.3 is 0 Å². The summed E-state index contributed by atoms with van der Waals surface area (Å²) in [7, 11) is 0. The predicted octanol–water partition coefficient (Wildman–Crippen LogP) is 5.72. The molecule has 1 heterocycles. The number of allylic oxidation sites excluding steroid dienone is 1. The zero-order valence-corrected chi connectivity index (χ0v) is 13.9. The van der Waals surface area contributed by atoms with Crippen molar-refractivity contribution in [3.8, 4) is 0 Å². The van der Waals surface area contributed by atoms with Crippen LogP contribution in [-0.2, 0) is 0 Å². The van der Waals surface area contributed by atoms with Gasteiger partial charge in [0.05, 0.1) is 5.56 Å². The summed E-state index contributed by atoms with van der Waals surface area (Å²) in [5.41, 5.74) is 4.11. The van der Waals surface area contributed by atoms with E-state index in [1.807, 2.05) is 13.0 Å². The number of carbonyl (C=O) groups excluding carboxylic acids is 1. The lowest BCUT2D eigenvalue weighted by Crippen LogP contribution is -1.90. The van der Waals surface area contributed by atoms with Crippen LogP contribution in [0.1, 0.15) is 66.1 Å². The molecule has 0 aliphatic carbocycles. The molecule has 116 valence electrons. The highest BCUT2D eigenvalue weighted by Crippen LogP contribution is 2.29. The van der Waals surface area contributed by atoms with Gasteiger partial charge in [0.1, 0.15) is 11.5 Å². The number of Topliss-reactive ketones (excluding diaryl/α,β-unsaturated/α-hetero) is 1. The molecular formula is C20H24O2. The van der Waals surface area contributed by atoms with E-state index in [-0.39, 0.29) is 5.78 Å². The Morgan fingerprint density at radius 3 is 2.41 bits per heavy atom. The second kappa shape index (κ2) is 7.26. The van der Waals surface area contributed by atoms with E-state index in [4.69, 9.17) is 4.42 Å². The summed E-state index contributed by atoms with van der Waals surface area (Å²) in [6.45, 7) is 7.69. The van der Waals surface area contributed by atoms with Crippen LogP contribution < -0.4 is 0 Å². The number of rotatable bonds is 6. The van der Waals surface area contributed by atoms with Crippen molar-refractivity contribution in [2.45, 2.75) is 47.0 Å². The lowest BCUT2D eigenvalue weighted by Gasteiger charge is -2.06. The minimum atomic E-state index is 0.0457. The molecule has 0 N–H and O–H groups in total. The minimum Gasteiger partial charge on any atom is -0.461 e. The Morgan fingerprint density at radius 1 is 1.18 bits per heavy atom. The summed E-state index contributed by atoms with van der Waals surface area (Å²) in [6.07, 6.45) is 5.54. The van der Waals surface area contributed by atoms with E-state index in [9.17, 15) is 4.79 Å². The zero-order valence-electron chi connectivity index (χ0n) is 13.9. The van der Waals surface area contributed by atoms with Crippen molar-refractivity contribution in [1.82, 2.24) is 0 Å². The fourth-order valence-electron chi connectivity index (χ4n) is 2.51. The second-order valence-electron chi connectivity index (χ2n) is 5.76. The molecule has 0 amide bonds. The molecule has 22 heavy (non-hydrogen) atoms. The summed E-state index contributed by atoms with van der Waals surface area (Å²) in [6, 6.07) is 10.3. The second-order valence-corrected chi connectivity index (χ2v) is 5.76. The maximum Gasteiger partial charge on any atom is 0.163 e. The van der Waals surface area contributed by atoms with Crippen LogP contribution in [0.3, 0.4) is 0 Å². The van der Waals surface area contributed by atoms with Gasteiger partial charge in [-0.25, -0.2) is 0 Å². The first kappa shape index (κ1) is 16.3. The van der Waals surface area contributed by atoms with Crippen molar-refractivity contribution in [3.05, 3.63) is 64.6 Å². The maximum atomic E-state index is 11.7. The Hall–Kier alpha value is -2.09. The maximum absolute atomic E-state index is 11.7. The fourth-order valence-corrected chi connectivity index (χ4v) is 2.51. The zero-order chi connectivity index (χ0) is 16.1. The van der Waals surface area contributed by atoms with Gasteiger partial charge in [0.15, 0.2) is 5.78 Å². The van der Waals surface area contributed by atoms with E-state index in [0.29, 0.717) is 11.3 Å². The van der Waals surface area contributed by atoms with Crippen LogP contribution in [-0.4, -0.2) is 5.78 Å². The first-order valence-electron chi connectivity index (χ1n) is 7.92. The largest absolute Gasteiger partial charge is 0.461 e. The minimum absolute atomic E-state index is 0.0457. The highest BCUT2D eigenvalue weighted by molar-refractivity contribution is 5.96. The van der Waals surface area contributed by atoms with Crippen molar-refractivity contribution in [2.75, 3.05) is 0 Å². The first-order valence-corrected chi connectivity index (χ1v) is 7.92. The molecule has 1 aromatic heterocycles. The molecule has 2 nitrogen and oxygen atoms in total. The van der Waals surface area contributed by atoms with Gasteiger partial charge in [0.2, 0.25) is 0 Å². The van der Waals surface area contributed by atoms with Crippen molar-refractivity contribution >= 4 is 11.4 Å². The van der Waals surface area contributed by atoms with Crippen LogP contribution >= 0.6 is 0 Å². The van der Waals surface area contributed by atoms with Crippen LogP contribution in [0.2, 0.25) is 0 Å². The van der Waals surface area contributed by atoms with Crippen molar-refractivity contribution in [2.24, 2.45) is 0 Å². The number of unbranched alkanes of at least 4 members (excludes halogenated alkanes) is 2. The lowest BCUT2D eigenvalue weighted by atomic mass is 9.99. The van der Waals surface area contributed by atoms with Crippen LogP contribution in [0, 0.1) is 13.8 Å². The summed E-state index contributed by atoms with van der Waals surface area (Å²) in [5.74, 6) is 1.52. The topological polar surface area (TPSA) is 30.2 Å². The molecule has 0 aliphatic heterocycles. The van der Waals surface area contributed by atoms with Crippen LogP contribution in [0.4, 0.5) is 0 Å². The summed E-state index contributed by atoms with van der Waals surface area (Å²) < 4.78 is 5.86. The van der Waals surface area contributed by atoms with E-state index in [1.54, 1.807) is 6.92 Å². The van der Waals surface area contributed by atoms with Gasteiger partial charge in [-0.05, 0) is 38.8 Å². The van der Waals surface area contributed by atoms with Crippen molar-refractivity contribution in [1.29, 1.82) is 0 Å². The number of hydrogen-bond donors (Lipinski definition) is 0. The molecule has 2 aromatic rings. The molecule has 0 spiro atoms. The molecule has 1 aromatic carbocycles. The average molecular weight is 296 g/mol. The van der Waals surface area contributed by atoms with Gasteiger partial charge in [-0.1, -0.05) is 55.7 Å². The number of hydrogen-bond acceptors (Lipinski definition) is 2. The molecule has 0 fully saturated rings. The Bertz CT molecular complexity index is 672. The molecule has 0 saturated heterocycles. The molecule has 0 saturated carbocycles. The highest BCUT2D eigenvalue weighted by atomic mass is 16.3. The lowest BCUT2D eigenvalue weighted by molar-refractivity contribution is 0.101. The molecule has 2 rings (SSSR count). The number of ketones is 1. The van der Waals surface area contributed by atoms with Crippen molar-refractivity contribution in [3.63, 3.8) is 0 Å². The van der Waals surface area contributed by atoms with Gasteiger partial charge in [-0.2, -0.15) is 0 Å². The summed E-state index contributed by atoms with van der Waals surface area (Å²) in [5, 5.41) is 0. The number of aryl methyl sites for hydroxylation is 2. The van der Waals surface area contributed by atoms with Gasteiger partial charge < -0.3 is 4.42 Å². The Balaban J connectivity index is 2.44. The number of benzene rings is 1. The molecule has 0 aliphatic rings. The van der Waals surface area contributed by atoms with Crippen LogP contribution in [0.15, 0.2) is 40.8 Å². The number of carbonyl (C=O) groups is 1. The molecule has 0 unspecified atom stereocenters. The fraction of sp³-hybridized carbons (Fsp3) is 0.350. The van der Waals surface area contributed by atoms with Gasteiger partial charge in [0.25, 0.3) is 0 Å². The molecule has 0 bridgehead atoms. The van der Waals surface area contributed by atoms with E-state index in [0.717, 1.165) is 36.2 Å². The Kier molecular flexibility index (Phi) is 5.37. The first-order chi connectivity index (χ1) is 10.5. The van der Waals surface area contributed by atoms with Gasteiger partial charge in [0, 0.05) is 5.57 Å². The number of furan rings is 1. The van der Waals surface area contributed by atoms with E-state index < -0.39 is 0 Å². The van der Waals surface area contributed by atoms with Crippen LogP contribution in [0.5, 0.6) is 0 Å². The van der Waals surface area contributed by atoms with E-state index >= 15 is 0 Å². The van der Waals surface area contributed by atoms with Crippen LogP contribution in [0.25, 0.3) is 5.57 Å². The molecule has 2 heteroatoms. The normalized spacial score (nSPS) is 11.7. The predicted molar refractivity (Wildman–Crippen MR) is 91.2 cm³/mol. The molecule has 0 radical (unpaired) electrons. The Labute approximate surface area is 132 Å². The third-order valence-electron chi connectivity index (χ3n) is 3.83.